The highest BCUT2D eigenvalue weighted by molar-refractivity contribution is 7.99. The molecular weight excluding hydrogens is 458 g/mol. The average Bonchev–Trinajstić information content (AvgIpc) is 3.60. The van der Waals surface area contributed by atoms with Gasteiger partial charge in [0.25, 0.3) is 5.56 Å². The van der Waals surface area contributed by atoms with Crippen molar-refractivity contribution in [2.45, 2.75) is 94.1 Å². The van der Waals surface area contributed by atoms with E-state index in [2.05, 4.69) is 6.92 Å². The first kappa shape index (κ1) is 22.9. The minimum atomic E-state index is -0.551. The fraction of sp³-hybridized carbons (Fsp3) is 0.538. The van der Waals surface area contributed by atoms with Crippen molar-refractivity contribution >= 4 is 29.3 Å². The summed E-state index contributed by atoms with van der Waals surface area (Å²) < 4.78 is 13.5. The SMILES string of the molecule is CC(C)OC(=O)c1cc2c(n(C3CC3)c1=O)-c1cc(Cl)c(OC3CCCCC3)cc1SC2C. The summed E-state index contributed by atoms with van der Waals surface area (Å²) in [7, 11) is 0. The molecule has 33 heavy (non-hydrogen) atoms. The first-order chi connectivity index (χ1) is 15.8. The van der Waals surface area contributed by atoms with E-state index in [0.717, 1.165) is 53.1 Å². The predicted molar refractivity (Wildman–Crippen MR) is 132 cm³/mol. The summed E-state index contributed by atoms with van der Waals surface area (Å²) in [5, 5.41) is 0.644. The number of halogens is 1. The van der Waals surface area contributed by atoms with E-state index in [9.17, 15) is 9.59 Å². The number of hydrogen-bond donors (Lipinski definition) is 0. The van der Waals surface area contributed by atoms with Crippen molar-refractivity contribution in [3.8, 4) is 17.0 Å². The molecule has 1 aromatic carbocycles. The van der Waals surface area contributed by atoms with E-state index in [0.29, 0.717) is 5.02 Å². The molecule has 0 radical (unpaired) electrons. The normalized spacial score (nSPS) is 20.3. The molecule has 2 aliphatic carbocycles. The van der Waals surface area contributed by atoms with Crippen LogP contribution in [-0.2, 0) is 4.74 Å². The van der Waals surface area contributed by atoms with E-state index >= 15 is 0 Å². The summed E-state index contributed by atoms with van der Waals surface area (Å²) in [4.78, 5) is 27.3. The molecule has 3 aliphatic rings. The Balaban J connectivity index is 1.61. The van der Waals surface area contributed by atoms with E-state index in [1.807, 2.05) is 16.7 Å². The first-order valence-corrected chi connectivity index (χ1v) is 13.3. The number of fused-ring (bicyclic) bond motifs is 3. The van der Waals surface area contributed by atoms with E-state index in [4.69, 9.17) is 21.1 Å². The Morgan fingerprint density at radius 2 is 1.85 bits per heavy atom. The monoisotopic (exact) mass is 487 g/mol. The third-order valence-electron chi connectivity index (χ3n) is 6.61. The van der Waals surface area contributed by atoms with Gasteiger partial charge in [-0.25, -0.2) is 4.79 Å². The summed E-state index contributed by atoms with van der Waals surface area (Å²) in [6.07, 6.45) is 7.59. The van der Waals surface area contributed by atoms with Gasteiger partial charge >= 0.3 is 5.97 Å². The van der Waals surface area contributed by atoms with Crippen LogP contribution < -0.4 is 10.3 Å². The number of pyridine rings is 1. The van der Waals surface area contributed by atoms with Crippen LogP contribution in [0.1, 0.15) is 92.9 Å². The van der Waals surface area contributed by atoms with Gasteiger partial charge in [0.1, 0.15) is 11.3 Å². The predicted octanol–water partition coefficient (Wildman–Crippen LogP) is 6.95. The van der Waals surface area contributed by atoms with Gasteiger partial charge in [-0.05, 0) is 83.1 Å². The molecule has 0 amide bonds. The van der Waals surface area contributed by atoms with Crippen LogP contribution in [-0.4, -0.2) is 22.7 Å². The zero-order chi connectivity index (χ0) is 23.3. The molecule has 2 fully saturated rings. The maximum absolute atomic E-state index is 13.5. The minimum absolute atomic E-state index is 0.0763. The molecule has 176 valence electrons. The van der Waals surface area contributed by atoms with E-state index < -0.39 is 5.97 Å². The Labute approximate surface area is 203 Å². The number of ether oxygens (including phenoxy) is 2. The van der Waals surface area contributed by atoms with Crippen LogP contribution in [0.25, 0.3) is 11.3 Å². The second kappa shape index (κ2) is 9.03. The number of thioether (sulfide) groups is 1. The van der Waals surface area contributed by atoms with Crippen LogP contribution in [0.2, 0.25) is 5.02 Å². The lowest BCUT2D eigenvalue weighted by Crippen LogP contribution is -2.31. The molecule has 2 heterocycles. The van der Waals surface area contributed by atoms with Crippen LogP contribution in [0.3, 0.4) is 0 Å². The van der Waals surface area contributed by atoms with Crippen molar-refractivity contribution in [1.29, 1.82) is 0 Å². The average molecular weight is 488 g/mol. The molecule has 7 heteroatoms. The summed E-state index contributed by atoms with van der Waals surface area (Å²) in [6.45, 7) is 5.70. The Kier molecular flexibility index (Phi) is 6.25. The molecule has 1 atom stereocenters. The number of carbonyl (C=O) groups is 1. The molecule has 1 unspecified atom stereocenters. The fourth-order valence-electron chi connectivity index (χ4n) is 4.88. The molecule has 0 spiro atoms. The summed E-state index contributed by atoms with van der Waals surface area (Å²) >= 11 is 8.43. The lowest BCUT2D eigenvalue weighted by molar-refractivity contribution is 0.0375. The minimum Gasteiger partial charge on any atom is -0.489 e. The second-order valence-electron chi connectivity index (χ2n) is 9.64. The standard InChI is InChI=1S/C26H30ClNO4S/c1-14(2)31-26(30)20-11-18-15(3)33-23-13-22(32-17-7-5-4-6-8-17)21(27)12-19(23)24(18)28(25(20)29)16-9-10-16/h11-17H,4-10H2,1-3H3. The van der Waals surface area contributed by atoms with Gasteiger partial charge in [-0.2, -0.15) is 0 Å². The number of benzene rings is 1. The zero-order valence-electron chi connectivity index (χ0n) is 19.4. The van der Waals surface area contributed by atoms with Crippen molar-refractivity contribution in [2.24, 2.45) is 0 Å². The Morgan fingerprint density at radius 3 is 2.52 bits per heavy atom. The third kappa shape index (κ3) is 4.44. The molecule has 0 bridgehead atoms. The molecule has 1 aliphatic heterocycles. The quantitative estimate of drug-likeness (QED) is 0.427. The van der Waals surface area contributed by atoms with Gasteiger partial charge in [0, 0.05) is 21.8 Å². The summed E-state index contributed by atoms with van der Waals surface area (Å²) in [5.41, 5.74) is 2.66. The van der Waals surface area contributed by atoms with Crippen molar-refractivity contribution in [1.82, 2.24) is 4.57 Å². The number of carbonyl (C=O) groups excluding carboxylic acids is 1. The Bertz CT molecular complexity index is 1150. The lowest BCUT2D eigenvalue weighted by Gasteiger charge is -2.30. The highest BCUT2D eigenvalue weighted by Gasteiger charge is 2.36. The maximum Gasteiger partial charge on any atom is 0.344 e. The number of rotatable bonds is 5. The van der Waals surface area contributed by atoms with Crippen molar-refractivity contribution in [3.05, 3.63) is 44.7 Å². The fourth-order valence-corrected chi connectivity index (χ4v) is 6.23. The molecular formula is C26H30ClNO4S. The van der Waals surface area contributed by atoms with Crippen LogP contribution in [0.15, 0.2) is 27.9 Å². The highest BCUT2D eigenvalue weighted by Crippen LogP contribution is 2.53. The summed E-state index contributed by atoms with van der Waals surface area (Å²) in [6, 6.07) is 5.83. The largest absolute Gasteiger partial charge is 0.489 e. The van der Waals surface area contributed by atoms with Gasteiger partial charge in [0.15, 0.2) is 0 Å². The maximum atomic E-state index is 13.5. The van der Waals surface area contributed by atoms with Gasteiger partial charge in [0.2, 0.25) is 0 Å². The smallest absolute Gasteiger partial charge is 0.344 e. The molecule has 5 rings (SSSR count). The van der Waals surface area contributed by atoms with Crippen molar-refractivity contribution in [3.63, 3.8) is 0 Å². The molecule has 5 nitrogen and oxygen atoms in total. The van der Waals surface area contributed by atoms with Gasteiger partial charge < -0.3 is 14.0 Å². The van der Waals surface area contributed by atoms with Gasteiger partial charge in [-0.1, -0.05) is 18.0 Å². The lowest BCUT2D eigenvalue weighted by atomic mass is 9.97. The molecule has 2 aromatic rings. The van der Waals surface area contributed by atoms with E-state index in [1.165, 1.54) is 19.3 Å². The van der Waals surface area contributed by atoms with E-state index in [1.54, 1.807) is 31.7 Å². The van der Waals surface area contributed by atoms with E-state index in [-0.39, 0.29) is 34.6 Å². The van der Waals surface area contributed by atoms with Crippen LogP contribution >= 0.6 is 23.4 Å². The zero-order valence-corrected chi connectivity index (χ0v) is 20.9. The first-order valence-electron chi connectivity index (χ1n) is 12.0. The molecule has 2 saturated carbocycles. The van der Waals surface area contributed by atoms with Crippen LogP contribution in [0.4, 0.5) is 0 Å². The topological polar surface area (TPSA) is 57.5 Å². The Morgan fingerprint density at radius 1 is 1.12 bits per heavy atom. The molecule has 0 N–H and O–H groups in total. The van der Waals surface area contributed by atoms with Crippen LogP contribution in [0.5, 0.6) is 5.75 Å². The highest BCUT2D eigenvalue weighted by atomic mass is 35.5. The van der Waals surface area contributed by atoms with Gasteiger partial charge in [0.05, 0.1) is 22.9 Å². The molecule has 0 saturated heterocycles. The third-order valence-corrected chi connectivity index (χ3v) is 8.11. The number of esters is 1. The summed E-state index contributed by atoms with van der Waals surface area (Å²) in [5.74, 6) is 0.173. The van der Waals surface area contributed by atoms with Crippen molar-refractivity contribution in [2.75, 3.05) is 0 Å². The Hall–Kier alpha value is -1.92. The number of nitrogens with zero attached hydrogens (tertiary/aromatic N) is 1. The van der Waals surface area contributed by atoms with Crippen molar-refractivity contribution < 1.29 is 14.3 Å². The van der Waals surface area contributed by atoms with Gasteiger partial charge in [-0.3, -0.25) is 4.79 Å². The van der Waals surface area contributed by atoms with Crippen LogP contribution in [0, 0.1) is 0 Å². The molecule has 1 aromatic heterocycles. The number of hydrogen-bond acceptors (Lipinski definition) is 5. The van der Waals surface area contributed by atoms with Gasteiger partial charge in [-0.15, -0.1) is 11.8 Å². The number of aromatic nitrogens is 1. The second-order valence-corrected chi connectivity index (χ2v) is 11.4.